The molecule has 96 valence electrons. The summed E-state index contributed by atoms with van der Waals surface area (Å²) in [6.07, 6.45) is 7.85. The number of nitrogens with one attached hydrogen (secondary N) is 1. The molecule has 0 spiro atoms. The number of amides is 1. The van der Waals surface area contributed by atoms with E-state index in [2.05, 4.69) is 5.32 Å². The molecule has 2 aliphatic rings. The maximum Gasteiger partial charge on any atom is 0.308 e. The molecule has 1 amide bonds. The van der Waals surface area contributed by atoms with E-state index in [1.807, 2.05) is 0 Å². The van der Waals surface area contributed by atoms with Crippen molar-refractivity contribution >= 4 is 11.9 Å². The highest BCUT2D eigenvalue weighted by molar-refractivity contribution is 5.80. The van der Waals surface area contributed by atoms with Crippen molar-refractivity contribution in [3.05, 3.63) is 0 Å². The summed E-state index contributed by atoms with van der Waals surface area (Å²) in [5.74, 6) is -0.930. The zero-order valence-electron chi connectivity index (χ0n) is 10.2. The molecular weight excluding hydrogens is 218 g/mol. The summed E-state index contributed by atoms with van der Waals surface area (Å²) < 4.78 is 0. The van der Waals surface area contributed by atoms with E-state index in [9.17, 15) is 9.59 Å². The Labute approximate surface area is 102 Å². The van der Waals surface area contributed by atoms with Gasteiger partial charge >= 0.3 is 5.97 Å². The van der Waals surface area contributed by atoms with Crippen LogP contribution in [0.4, 0.5) is 0 Å². The van der Waals surface area contributed by atoms with Crippen molar-refractivity contribution in [2.45, 2.75) is 57.4 Å². The van der Waals surface area contributed by atoms with E-state index in [0.717, 1.165) is 38.5 Å². The predicted octanol–water partition coefficient (Wildman–Crippen LogP) is 1.94. The highest BCUT2D eigenvalue weighted by Gasteiger charge is 2.35. The van der Waals surface area contributed by atoms with Gasteiger partial charge in [0.25, 0.3) is 0 Å². The SMILES string of the molecule is O=C(N[C@H]1CCC[C@H]1C(=O)O)C1CCCCC1. The van der Waals surface area contributed by atoms with Gasteiger partial charge in [0.2, 0.25) is 5.91 Å². The summed E-state index contributed by atoms with van der Waals surface area (Å²) in [6, 6.07) is -0.137. The molecule has 4 heteroatoms. The Hall–Kier alpha value is -1.06. The van der Waals surface area contributed by atoms with Gasteiger partial charge in [0.05, 0.1) is 5.92 Å². The molecule has 2 saturated carbocycles. The Balaban J connectivity index is 1.86. The number of carboxylic acid groups (broad SMARTS) is 1. The molecule has 4 nitrogen and oxygen atoms in total. The molecule has 17 heavy (non-hydrogen) atoms. The summed E-state index contributed by atoms with van der Waals surface area (Å²) in [7, 11) is 0. The standard InChI is InChI=1S/C13H21NO3/c15-12(9-5-2-1-3-6-9)14-11-8-4-7-10(11)13(16)17/h9-11H,1-8H2,(H,14,15)(H,16,17)/t10-,11+/m1/s1. The highest BCUT2D eigenvalue weighted by Crippen LogP contribution is 2.28. The fourth-order valence-electron chi connectivity index (χ4n) is 3.09. The van der Waals surface area contributed by atoms with E-state index in [1.165, 1.54) is 6.42 Å². The third kappa shape index (κ3) is 2.99. The maximum absolute atomic E-state index is 12.0. The molecule has 0 bridgehead atoms. The molecule has 2 N–H and O–H groups in total. The quantitative estimate of drug-likeness (QED) is 0.791. The third-order valence-corrected chi connectivity index (χ3v) is 4.14. The first kappa shape index (κ1) is 12.4. The Bertz CT molecular complexity index is 297. The van der Waals surface area contributed by atoms with Gasteiger partial charge in [0.1, 0.15) is 0 Å². The molecule has 0 aromatic heterocycles. The number of carbonyl (C=O) groups is 2. The Morgan fingerprint density at radius 2 is 1.65 bits per heavy atom. The number of hydrogen-bond donors (Lipinski definition) is 2. The maximum atomic E-state index is 12.0. The van der Waals surface area contributed by atoms with Gasteiger partial charge in [0, 0.05) is 12.0 Å². The highest BCUT2D eigenvalue weighted by atomic mass is 16.4. The normalized spacial score (nSPS) is 30.1. The molecule has 2 aliphatic carbocycles. The second-order valence-corrected chi connectivity index (χ2v) is 5.33. The number of aliphatic carboxylic acids is 1. The van der Waals surface area contributed by atoms with Crippen LogP contribution in [-0.4, -0.2) is 23.0 Å². The molecule has 2 fully saturated rings. The largest absolute Gasteiger partial charge is 0.481 e. The molecule has 0 unspecified atom stereocenters. The molecule has 0 saturated heterocycles. The van der Waals surface area contributed by atoms with Crippen LogP contribution in [0.1, 0.15) is 51.4 Å². The van der Waals surface area contributed by atoms with Crippen LogP contribution in [0.5, 0.6) is 0 Å². The van der Waals surface area contributed by atoms with Crippen LogP contribution in [0.15, 0.2) is 0 Å². The molecule has 2 atom stereocenters. The zero-order chi connectivity index (χ0) is 12.3. The summed E-state index contributed by atoms with van der Waals surface area (Å²) in [6.45, 7) is 0. The molecule has 0 aromatic carbocycles. The van der Waals surface area contributed by atoms with Crippen molar-refractivity contribution in [2.24, 2.45) is 11.8 Å². The summed E-state index contributed by atoms with van der Waals surface area (Å²) in [5.41, 5.74) is 0. The third-order valence-electron chi connectivity index (χ3n) is 4.14. The average Bonchev–Trinajstić information content (AvgIpc) is 2.78. The topological polar surface area (TPSA) is 66.4 Å². The van der Waals surface area contributed by atoms with Crippen LogP contribution in [-0.2, 0) is 9.59 Å². The fourth-order valence-corrected chi connectivity index (χ4v) is 3.09. The van der Waals surface area contributed by atoms with Gasteiger partial charge in [-0.2, -0.15) is 0 Å². The second-order valence-electron chi connectivity index (χ2n) is 5.33. The lowest BCUT2D eigenvalue weighted by Gasteiger charge is -2.24. The van der Waals surface area contributed by atoms with Crippen molar-refractivity contribution in [1.29, 1.82) is 0 Å². The Morgan fingerprint density at radius 3 is 2.29 bits per heavy atom. The summed E-state index contributed by atoms with van der Waals surface area (Å²) in [5, 5.41) is 12.0. The van der Waals surface area contributed by atoms with Crippen molar-refractivity contribution < 1.29 is 14.7 Å². The molecular formula is C13H21NO3. The predicted molar refractivity (Wildman–Crippen MR) is 63.5 cm³/mol. The minimum absolute atomic E-state index is 0.0860. The van der Waals surface area contributed by atoms with Crippen LogP contribution in [0.3, 0.4) is 0 Å². The van der Waals surface area contributed by atoms with Crippen LogP contribution in [0, 0.1) is 11.8 Å². The molecule has 0 aromatic rings. The van der Waals surface area contributed by atoms with Gasteiger partial charge in [-0.25, -0.2) is 0 Å². The Kier molecular flexibility index (Phi) is 4.02. The van der Waals surface area contributed by atoms with Crippen molar-refractivity contribution in [3.63, 3.8) is 0 Å². The van der Waals surface area contributed by atoms with Gasteiger partial charge in [-0.15, -0.1) is 0 Å². The number of hydrogen-bond acceptors (Lipinski definition) is 2. The fraction of sp³-hybridized carbons (Fsp3) is 0.846. The zero-order valence-corrected chi connectivity index (χ0v) is 10.2. The lowest BCUT2D eigenvalue weighted by Crippen LogP contribution is -2.43. The van der Waals surface area contributed by atoms with Crippen molar-refractivity contribution in [3.8, 4) is 0 Å². The Morgan fingerprint density at radius 1 is 0.941 bits per heavy atom. The average molecular weight is 239 g/mol. The van der Waals surface area contributed by atoms with Gasteiger partial charge < -0.3 is 10.4 Å². The minimum atomic E-state index is -0.767. The van der Waals surface area contributed by atoms with E-state index in [4.69, 9.17) is 5.11 Å². The van der Waals surface area contributed by atoms with Gasteiger partial charge in [-0.3, -0.25) is 9.59 Å². The summed E-state index contributed by atoms with van der Waals surface area (Å²) in [4.78, 5) is 23.0. The smallest absolute Gasteiger partial charge is 0.308 e. The van der Waals surface area contributed by atoms with E-state index < -0.39 is 5.97 Å². The summed E-state index contributed by atoms with van der Waals surface area (Å²) >= 11 is 0. The number of carboxylic acids is 1. The van der Waals surface area contributed by atoms with E-state index in [0.29, 0.717) is 6.42 Å². The molecule has 0 aliphatic heterocycles. The van der Waals surface area contributed by atoms with Crippen LogP contribution >= 0.6 is 0 Å². The van der Waals surface area contributed by atoms with Crippen molar-refractivity contribution in [1.82, 2.24) is 5.32 Å². The van der Waals surface area contributed by atoms with Crippen LogP contribution in [0.2, 0.25) is 0 Å². The first-order valence-corrected chi connectivity index (χ1v) is 6.71. The number of rotatable bonds is 3. The van der Waals surface area contributed by atoms with Gasteiger partial charge in [0.15, 0.2) is 0 Å². The first-order chi connectivity index (χ1) is 8.18. The lowest BCUT2D eigenvalue weighted by molar-refractivity contribution is -0.142. The first-order valence-electron chi connectivity index (χ1n) is 6.71. The number of carbonyl (C=O) groups excluding carboxylic acids is 1. The van der Waals surface area contributed by atoms with E-state index in [-0.39, 0.29) is 23.8 Å². The van der Waals surface area contributed by atoms with E-state index in [1.54, 1.807) is 0 Å². The molecule has 2 rings (SSSR count). The lowest BCUT2D eigenvalue weighted by atomic mass is 9.88. The monoisotopic (exact) mass is 239 g/mol. The van der Waals surface area contributed by atoms with Crippen LogP contribution in [0.25, 0.3) is 0 Å². The second kappa shape index (κ2) is 5.52. The van der Waals surface area contributed by atoms with Gasteiger partial charge in [-0.05, 0) is 25.7 Å². The molecule has 0 radical (unpaired) electrons. The van der Waals surface area contributed by atoms with Gasteiger partial charge in [-0.1, -0.05) is 25.7 Å². The van der Waals surface area contributed by atoms with E-state index >= 15 is 0 Å². The van der Waals surface area contributed by atoms with Crippen molar-refractivity contribution in [2.75, 3.05) is 0 Å². The minimum Gasteiger partial charge on any atom is -0.481 e. The van der Waals surface area contributed by atoms with Crippen LogP contribution < -0.4 is 5.32 Å². The molecule has 0 heterocycles.